The average molecular weight is 438 g/mol. The van der Waals surface area contributed by atoms with Crippen molar-refractivity contribution in [1.82, 2.24) is 25.2 Å². The van der Waals surface area contributed by atoms with Gasteiger partial charge >= 0.3 is 11.8 Å². The van der Waals surface area contributed by atoms with Crippen LogP contribution in [0.1, 0.15) is 11.3 Å². The molecule has 2 aromatic heterocycles. The van der Waals surface area contributed by atoms with Gasteiger partial charge in [0.05, 0.1) is 5.69 Å². The second-order valence-electron chi connectivity index (χ2n) is 6.86. The highest BCUT2D eigenvalue weighted by Crippen LogP contribution is 2.21. The summed E-state index contributed by atoms with van der Waals surface area (Å²) >= 11 is 1.41. The van der Waals surface area contributed by atoms with Crippen molar-refractivity contribution < 1.29 is 14.0 Å². The molecule has 158 valence electrons. The SMILES string of the molecule is O=C(NCCc1ccccc1)C(=O)NCCc1csc2nc(-c3cccc(F)c3)nn12. The number of fused-ring (bicyclic) bond motifs is 1. The zero-order chi connectivity index (χ0) is 21.6. The van der Waals surface area contributed by atoms with E-state index < -0.39 is 11.8 Å². The highest BCUT2D eigenvalue weighted by molar-refractivity contribution is 7.15. The molecule has 4 rings (SSSR count). The molecular formula is C22H20FN5O2S. The fraction of sp³-hybridized carbons (Fsp3) is 0.182. The van der Waals surface area contributed by atoms with Crippen LogP contribution in [0, 0.1) is 5.82 Å². The third-order valence-electron chi connectivity index (χ3n) is 4.65. The number of hydrogen-bond donors (Lipinski definition) is 2. The second kappa shape index (κ2) is 9.48. The largest absolute Gasteiger partial charge is 0.348 e. The monoisotopic (exact) mass is 437 g/mol. The Hall–Kier alpha value is -3.59. The molecule has 0 saturated heterocycles. The predicted molar refractivity (Wildman–Crippen MR) is 116 cm³/mol. The molecule has 9 heteroatoms. The summed E-state index contributed by atoms with van der Waals surface area (Å²) in [5, 5.41) is 11.6. The van der Waals surface area contributed by atoms with E-state index in [9.17, 15) is 14.0 Å². The van der Waals surface area contributed by atoms with E-state index in [-0.39, 0.29) is 12.4 Å². The molecule has 2 aromatic carbocycles. The summed E-state index contributed by atoms with van der Waals surface area (Å²) in [5.41, 5.74) is 2.54. The maximum absolute atomic E-state index is 13.5. The molecule has 0 aliphatic carbocycles. The highest BCUT2D eigenvalue weighted by Gasteiger charge is 2.14. The van der Waals surface area contributed by atoms with Crippen LogP contribution in [0.2, 0.25) is 0 Å². The van der Waals surface area contributed by atoms with Crippen molar-refractivity contribution in [3.05, 3.63) is 77.1 Å². The van der Waals surface area contributed by atoms with E-state index in [1.807, 2.05) is 35.7 Å². The van der Waals surface area contributed by atoms with Crippen LogP contribution < -0.4 is 10.6 Å². The van der Waals surface area contributed by atoms with Crippen LogP contribution in [0.15, 0.2) is 60.0 Å². The normalized spacial score (nSPS) is 10.9. The maximum atomic E-state index is 13.5. The molecule has 0 radical (unpaired) electrons. The van der Waals surface area contributed by atoms with Gasteiger partial charge in [-0.15, -0.1) is 16.4 Å². The van der Waals surface area contributed by atoms with Gasteiger partial charge in [-0.3, -0.25) is 9.59 Å². The Balaban J connectivity index is 1.28. The van der Waals surface area contributed by atoms with Gasteiger partial charge in [0.1, 0.15) is 5.82 Å². The summed E-state index contributed by atoms with van der Waals surface area (Å²) in [5.74, 6) is -1.23. The van der Waals surface area contributed by atoms with Gasteiger partial charge in [0.2, 0.25) is 4.96 Å². The van der Waals surface area contributed by atoms with Crippen LogP contribution in [-0.4, -0.2) is 39.5 Å². The van der Waals surface area contributed by atoms with E-state index in [1.165, 1.54) is 23.5 Å². The van der Waals surface area contributed by atoms with Crippen molar-refractivity contribution in [2.45, 2.75) is 12.8 Å². The summed E-state index contributed by atoms with van der Waals surface area (Å²) in [7, 11) is 0. The standard InChI is InChI=1S/C22H20FN5O2S/c23-17-8-4-7-16(13-17)19-26-22-28(27-19)18(14-31-22)10-12-25-21(30)20(29)24-11-9-15-5-2-1-3-6-15/h1-8,13-14H,9-12H2,(H,24,29)(H,25,30). The van der Waals surface area contributed by atoms with Crippen LogP contribution in [0.3, 0.4) is 0 Å². The fourth-order valence-electron chi connectivity index (χ4n) is 3.08. The number of thiazole rings is 1. The number of nitrogens with zero attached hydrogens (tertiary/aromatic N) is 3. The molecule has 0 fully saturated rings. The smallest absolute Gasteiger partial charge is 0.309 e. The maximum Gasteiger partial charge on any atom is 0.309 e. The number of nitrogens with one attached hydrogen (secondary N) is 2. The Labute approximate surface area is 181 Å². The van der Waals surface area contributed by atoms with Crippen LogP contribution in [0.4, 0.5) is 4.39 Å². The molecular weight excluding hydrogens is 417 g/mol. The summed E-state index contributed by atoms with van der Waals surface area (Å²) in [6, 6.07) is 15.8. The molecule has 2 N–H and O–H groups in total. The van der Waals surface area contributed by atoms with Gasteiger partial charge in [0.15, 0.2) is 5.82 Å². The average Bonchev–Trinajstić information content (AvgIpc) is 3.36. The first-order valence-corrected chi connectivity index (χ1v) is 10.7. The van der Waals surface area contributed by atoms with Crippen LogP contribution >= 0.6 is 11.3 Å². The van der Waals surface area contributed by atoms with Crippen molar-refractivity contribution in [3.63, 3.8) is 0 Å². The number of carbonyl (C=O) groups excluding carboxylic acids is 2. The molecule has 0 aliphatic heterocycles. The molecule has 0 atom stereocenters. The minimum Gasteiger partial charge on any atom is -0.348 e. The minimum atomic E-state index is -0.668. The van der Waals surface area contributed by atoms with Gasteiger partial charge in [0, 0.05) is 30.5 Å². The first-order chi connectivity index (χ1) is 15.1. The van der Waals surface area contributed by atoms with Crippen molar-refractivity contribution in [2.75, 3.05) is 13.1 Å². The van der Waals surface area contributed by atoms with Gasteiger partial charge in [-0.1, -0.05) is 42.5 Å². The second-order valence-corrected chi connectivity index (χ2v) is 7.70. The van der Waals surface area contributed by atoms with Gasteiger partial charge < -0.3 is 10.6 Å². The van der Waals surface area contributed by atoms with E-state index in [2.05, 4.69) is 20.7 Å². The molecule has 4 aromatic rings. The third kappa shape index (κ3) is 5.13. The number of benzene rings is 2. The Morgan fingerprint density at radius 1 is 0.968 bits per heavy atom. The zero-order valence-corrected chi connectivity index (χ0v) is 17.4. The number of aromatic nitrogens is 3. The highest BCUT2D eigenvalue weighted by atomic mass is 32.1. The molecule has 0 bridgehead atoms. The summed E-state index contributed by atoms with van der Waals surface area (Å²) in [6.45, 7) is 0.676. The van der Waals surface area contributed by atoms with Gasteiger partial charge in [-0.25, -0.2) is 8.91 Å². The Bertz CT molecular complexity index is 1210. The lowest BCUT2D eigenvalue weighted by Crippen LogP contribution is -2.41. The first kappa shape index (κ1) is 20.7. The molecule has 0 aliphatic rings. The van der Waals surface area contributed by atoms with E-state index in [1.54, 1.807) is 16.6 Å². The molecule has 2 heterocycles. The van der Waals surface area contributed by atoms with Gasteiger partial charge in [-0.05, 0) is 24.1 Å². The lowest BCUT2D eigenvalue weighted by Gasteiger charge is -2.06. The topological polar surface area (TPSA) is 88.4 Å². The van der Waals surface area contributed by atoms with Crippen molar-refractivity contribution >= 4 is 28.1 Å². The number of hydrogen-bond acceptors (Lipinski definition) is 5. The van der Waals surface area contributed by atoms with Gasteiger partial charge in [0.25, 0.3) is 0 Å². The quantitative estimate of drug-likeness (QED) is 0.435. The fourth-order valence-corrected chi connectivity index (χ4v) is 3.93. The Morgan fingerprint density at radius 3 is 2.45 bits per heavy atom. The van der Waals surface area contributed by atoms with Crippen molar-refractivity contribution in [1.29, 1.82) is 0 Å². The molecule has 0 spiro atoms. The first-order valence-electron chi connectivity index (χ1n) is 9.79. The lowest BCUT2D eigenvalue weighted by atomic mass is 10.1. The third-order valence-corrected chi connectivity index (χ3v) is 5.51. The zero-order valence-electron chi connectivity index (χ0n) is 16.5. The number of rotatable bonds is 7. The van der Waals surface area contributed by atoms with Crippen LogP contribution in [0.5, 0.6) is 0 Å². The van der Waals surface area contributed by atoms with E-state index in [0.717, 1.165) is 11.3 Å². The van der Waals surface area contributed by atoms with Crippen molar-refractivity contribution in [3.8, 4) is 11.4 Å². The van der Waals surface area contributed by atoms with E-state index in [4.69, 9.17) is 0 Å². The Morgan fingerprint density at radius 2 is 1.71 bits per heavy atom. The number of halogens is 1. The number of amides is 2. The Kier molecular flexibility index (Phi) is 6.32. The van der Waals surface area contributed by atoms with Crippen LogP contribution in [-0.2, 0) is 22.4 Å². The molecule has 7 nitrogen and oxygen atoms in total. The van der Waals surface area contributed by atoms with E-state index in [0.29, 0.717) is 35.7 Å². The summed E-state index contributed by atoms with van der Waals surface area (Å²) < 4.78 is 15.1. The van der Waals surface area contributed by atoms with Crippen molar-refractivity contribution in [2.24, 2.45) is 0 Å². The lowest BCUT2D eigenvalue weighted by molar-refractivity contribution is -0.139. The molecule has 31 heavy (non-hydrogen) atoms. The van der Waals surface area contributed by atoms with E-state index >= 15 is 0 Å². The molecule has 0 unspecified atom stereocenters. The van der Waals surface area contributed by atoms with Crippen LogP contribution in [0.25, 0.3) is 16.3 Å². The molecule has 0 saturated carbocycles. The molecule has 2 amide bonds. The predicted octanol–water partition coefficient (Wildman–Crippen LogP) is 2.61. The summed E-state index contributed by atoms with van der Waals surface area (Å²) in [6.07, 6.45) is 1.14. The minimum absolute atomic E-state index is 0.284. The summed E-state index contributed by atoms with van der Waals surface area (Å²) in [4.78, 5) is 29.1. The number of carbonyl (C=O) groups is 2. The van der Waals surface area contributed by atoms with Gasteiger partial charge in [-0.2, -0.15) is 4.98 Å².